The van der Waals surface area contributed by atoms with Gasteiger partial charge in [-0.15, -0.1) is 0 Å². The number of rotatable bonds is 11. The van der Waals surface area contributed by atoms with Gasteiger partial charge in [0, 0.05) is 24.7 Å². The molecule has 1 amide bonds. The summed E-state index contributed by atoms with van der Waals surface area (Å²) in [6.07, 6.45) is 12.8. The third kappa shape index (κ3) is 16.5. The molecule has 0 saturated heterocycles. The van der Waals surface area contributed by atoms with Gasteiger partial charge in [0.2, 0.25) is 5.91 Å². The zero-order chi connectivity index (χ0) is 25.5. The van der Waals surface area contributed by atoms with E-state index in [2.05, 4.69) is 37.2 Å². The van der Waals surface area contributed by atoms with Crippen molar-refractivity contribution in [2.45, 2.75) is 81.2 Å². The topological polar surface area (TPSA) is 52.6 Å². The van der Waals surface area contributed by atoms with E-state index in [0.29, 0.717) is 18.8 Å². The Hall–Kier alpha value is -2.14. The number of carbonyl (C=O) groups is 1. The smallest absolute Gasteiger partial charge is 0.246 e. The Labute approximate surface area is 197 Å². The molecule has 2 atom stereocenters. The van der Waals surface area contributed by atoms with Crippen LogP contribution in [0.3, 0.4) is 0 Å². The molecule has 32 heavy (non-hydrogen) atoms. The average Bonchev–Trinajstić information content (AvgIpc) is 2.81. The number of likely N-dealkylation sites (N-methyl/N-ethyl adjacent to an activating group) is 1. The largest absolute Gasteiger partial charge is 0.516 e. The molecular formula is C27H49FN2O2. The summed E-state index contributed by atoms with van der Waals surface area (Å²) in [6, 6.07) is 0.217. The van der Waals surface area contributed by atoms with Crippen LogP contribution in [0.2, 0.25) is 0 Å². The van der Waals surface area contributed by atoms with Gasteiger partial charge < -0.3 is 10.4 Å². The van der Waals surface area contributed by atoms with E-state index < -0.39 is 0 Å². The third-order valence-electron chi connectivity index (χ3n) is 4.95. The van der Waals surface area contributed by atoms with E-state index in [9.17, 15) is 9.18 Å². The van der Waals surface area contributed by atoms with Gasteiger partial charge in [-0.3, -0.25) is 9.69 Å². The molecule has 0 aliphatic rings. The molecule has 0 fully saturated rings. The van der Waals surface area contributed by atoms with Gasteiger partial charge in [-0.05, 0) is 78.2 Å². The minimum atomic E-state index is 0.0164. The Balaban J connectivity index is -0.00000125. The highest BCUT2D eigenvalue weighted by Crippen LogP contribution is 2.19. The normalized spacial score (nSPS) is 14.6. The van der Waals surface area contributed by atoms with E-state index in [1.54, 1.807) is 13.0 Å². The number of nitrogens with one attached hydrogen (secondary N) is 1. The SMILES string of the molecule is C/C=C/F.CC.C\C=C/C(=C(C)\C=C\O)C(C)N(C)CC(CCC)CNC(=O)/C(C)=C/C. The molecule has 0 heterocycles. The van der Waals surface area contributed by atoms with Crippen LogP contribution in [-0.4, -0.2) is 42.1 Å². The first kappa shape index (κ1) is 34.5. The highest BCUT2D eigenvalue weighted by atomic mass is 19.1. The molecule has 0 radical (unpaired) electrons. The minimum absolute atomic E-state index is 0.0164. The molecule has 0 aromatic heterocycles. The van der Waals surface area contributed by atoms with E-state index in [1.165, 1.54) is 11.6 Å². The Bertz CT molecular complexity index is 615. The zero-order valence-corrected chi connectivity index (χ0v) is 22.2. The fourth-order valence-corrected chi connectivity index (χ4v) is 2.96. The Kier molecular flexibility index (Phi) is 25.3. The average molecular weight is 453 g/mol. The predicted octanol–water partition coefficient (Wildman–Crippen LogP) is 7.29. The standard InChI is InChI=1S/C22H38N2O2.C3H5F.C2H6/c1-8-11-20(15-23-22(26)17(4)10-3)16-24(7)19(6)21(12-9-2)18(5)13-14-25;1-2-3-4;1-2/h9-10,12-14,19-20,25H,8,11,15-16H2,1-7H3,(H,23,26);2-3H,1H3;1-2H3/b12-9-,14-13+,17-10+,21-18+;3-2+;. The fourth-order valence-electron chi connectivity index (χ4n) is 2.96. The second kappa shape index (κ2) is 23.5. The number of halogens is 1. The van der Waals surface area contributed by atoms with Crippen molar-refractivity contribution in [3.8, 4) is 0 Å². The molecule has 0 aliphatic carbocycles. The van der Waals surface area contributed by atoms with Crippen molar-refractivity contribution in [3.05, 3.63) is 59.7 Å². The molecule has 186 valence electrons. The van der Waals surface area contributed by atoms with Crippen LogP contribution in [0.1, 0.15) is 75.2 Å². The van der Waals surface area contributed by atoms with Gasteiger partial charge in [-0.1, -0.05) is 51.5 Å². The molecule has 4 nitrogen and oxygen atoms in total. The van der Waals surface area contributed by atoms with Crippen LogP contribution < -0.4 is 5.32 Å². The van der Waals surface area contributed by atoms with Crippen LogP contribution in [-0.2, 0) is 4.79 Å². The molecule has 5 heteroatoms. The van der Waals surface area contributed by atoms with Gasteiger partial charge >= 0.3 is 0 Å². The maximum absolute atomic E-state index is 12.0. The van der Waals surface area contributed by atoms with E-state index >= 15 is 0 Å². The molecular weight excluding hydrogens is 403 g/mol. The van der Waals surface area contributed by atoms with Crippen LogP contribution in [0, 0.1) is 5.92 Å². The van der Waals surface area contributed by atoms with Crippen LogP contribution in [0.25, 0.3) is 0 Å². The maximum Gasteiger partial charge on any atom is 0.246 e. The van der Waals surface area contributed by atoms with E-state index in [-0.39, 0.29) is 11.9 Å². The second-order valence-electron chi connectivity index (χ2n) is 7.37. The number of carbonyl (C=O) groups excluding carboxylic acids is 1. The summed E-state index contributed by atoms with van der Waals surface area (Å²) < 4.78 is 10.5. The summed E-state index contributed by atoms with van der Waals surface area (Å²) in [4.78, 5) is 14.3. The quantitative estimate of drug-likeness (QED) is 0.197. The molecule has 2 unspecified atom stereocenters. The zero-order valence-electron chi connectivity index (χ0n) is 22.2. The Morgan fingerprint density at radius 2 is 1.69 bits per heavy atom. The van der Waals surface area contributed by atoms with Gasteiger partial charge in [0.25, 0.3) is 0 Å². The van der Waals surface area contributed by atoms with E-state index in [0.717, 1.165) is 36.8 Å². The van der Waals surface area contributed by atoms with Gasteiger partial charge in [0.1, 0.15) is 0 Å². The number of amides is 1. The summed E-state index contributed by atoms with van der Waals surface area (Å²) in [6.45, 7) is 19.3. The molecule has 2 N–H and O–H groups in total. The Morgan fingerprint density at radius 3 is 2.09 bits per heavy atom. The molecule has 0 rings (SSSR count). The molecule has 0 spiro atoms. The van der Waals surface area contributed by atoms with Gasteiger partial charge in [0.05, 0.1) is 12.6 Å². The molecule has 0 bridgehead atoms. The first-order valence-electron chi connectivity index (χ1n) is 11.7. The van der Waals surface area contributed by atoms with Crippen molar-refractivity contribution in [1.82, 2.24) is 10.2 Å². The third-order valence-corrected chi connectivity index (χ3v) is 4.95. The number of aliphatic hydroxyl groups excluding tert-OH is 1. The lowest BCUT2D eigenvalue weighted by molar-refractivity contribution is -0.117. The highest BCUT2D eigenvalue weighted by Gasteiger charge is 2.19. The van der Waals surface area contributed by atoms with Crippen molar-refractivity contribution in [2.24, 2.45) is 5.92 Å². The van der Waals surface area contributed by atoms with E-state index in [4.69, 9.17) is 5.11 Å². The maximum atomic E-state index is 12.0. The van der Waals surface area contributed by atoms with Crippen molar-refractivity contribution < 1.29 is 14.3 Å². The number of aliphatic hydroxyl groups is 1. The molecule has 0 saturated carbocycles. The lowest BCUT2D eigenvalue weighted by Gasteiger charge is -2.31. The van der Waals surface area contributed by atoms with Crippen molar-refractivity contribution in [1.29, 1.82) is 0 Å². The van der Waals surface area contributed by atoms with Crippen molar-refractivity contribution in [2.75, 3.05) is 20.1 Å². The fraction of sp³-hybridized carbons (Fsp3) is 0.593. The summed E-state index contributed by atoms with van der Waals surface area (Å²) >= 11 is 0. The summed E-state index contributed by atoms with van der Waals surface area (Å²) in [5.74, 6) is 0.421. The number of nitrogens with zero attached hydrogens (tertiary/aromatic N) is 1. The monoisotopic (exact) mass is 452 g/mol. The minimum Gasteiger partial charge on any atom is -0.516 e. The number of allylic oxidation sites excluding steroid dienone is 5. The van der Waals surface area contributed by atoms with Gasteiger partial charge in [-0.25, -0.2) is 4.39 Å². The lowest BCUT2D eigenvalue weighted by Crippen LogP contribution is -2.39. The summed E-state index contributed by atoms with van der Waals surface area (Å²) in [5.41, 5.74) is 2.99. The summed E-state index contributed by atoms with van der Waals surface area (Å²) in [7, 11) is 2.12. The first-order chi connectivity index (χ1) is 15.2. The number of hydrogen-bond acceptors (Lipinski definition) is 3. The van der Waals surface area contributed by atoms with Crippen LogP contribution in [0.5, 0.6) is 0 Å². The van der Waals surface area contributed by atoms with Crippen molar-refractivity contribution in [3.63, 3.8) is 0 Å². The van der Waals surface area contributed by atoms with Crippen molar-refractivity contribution >= 4 is 5.91 Å². The second-order valence-corrected chi connectivity index (χ2v) is 7.37. The predicted molar refractivity (Wildman–Crippen MR) is 139 cm³/mol. The summed E-state index contributed by atoms with van der Waals surface area (Å²) in [5, 5.41) is 12.1. The molecule has 0 aliphatic heterocycles. The van der Waals surface area contributed by atoms with Crippen LogP contribution in [0.15, 0.2) is 59.7 Å². The van der Waals surface area contributed by atoms with E-state index in [1.807, 2.05) is 53.7 Å². The van der Waals surface area contributed by atoms with Crippen LogP contribution >= 0.6 is 0 Å². The number of hydrogen-bond donors (Lipinski definition) is 2. The molecule has 0 aromatic carbocycles. The van der Waals surface area contributed by atoms with Gasteiger partial charge in [-0.2, -0.15) is 0 Å². The highest BCUT2D eigenvalue weighted by molar-refractivity contribution is 5.92. The first-order valence-corrected chi connectivity index (χ1v) is 11.7. The van der Waals surface area contributed by atoms with Crippen LogP contribution in [0.4, 0.5) is 4.39 Å². The Morgan fingerprint density at radius 1 is 1.12 bits per heavy atom. The lowest BCUT2D eigenvalue weighted by atomic mass is 9.98. The molecule has 0 aromatic rings. The van der Waals surface area contributed by atoms with Gasteiger partial charge in [0.15, 0.2) is 0 Å².